The molecule has 0 saturated carbocycles. The zero-order valence-corrected chi connectivity index (χ0v) is 14.7. The fourth-order valence-electron chi connectivity index (χ4n) is 2.75. The van der Waals surface area contributed by atoms with Crippen LogP contribution in [0.1, 0.15) is 22.1 Å². The van der Waals surface area contributed by atoms with Gasteiger partial charge in [0, 0.05) is 22.9 Å². The Morgan fingerprint density at radius 3 is 2.48 bits per heavy atom. The van der Waals surface area contributed by atoms with Crippen LogP contribution in [0.5, 0.6) is 0 Å². The van der Waals surface area contributed by atoms with E-state index in [2.05, 4.69) is 0 Å². The molecule has 0 N–H and O–H groups in total. The first kappa shape index (κ1) is 18.1. The zero-order valence-electron chi connectivity index (χ0n) is 13.1. The number of nitrogens with zero attached hydrogens (tertiary/aromatic N) is 1. The minimum Gasteiger partial charge on any atom is -0.325 e. The van der Waals surface area contributed by atoms with Gasteiger partial charge in [-0.3, -0.25) is 4.79 Å². The Labute approximate surface area is 153 Å². The molecule has 132 valence electrons. The number of carbonyl (C=O) groups excluding carboxylic acids is 1. The van der Waals surface area contributed by atoms with Crippen LogP contribution >= 0.6 is 23.4 Å². The second kappa shape index (κ2) is 7.30. The van der Waals surface area contributed by atoms with E-state index in [0.717, 1.165) is 23.4 Å². The molecule has 2 aromatic rings. The second-order valence-corrected chi connectivity index (χ2v) is 7.30. The molecule has 0 bridgehead atoms. The predicted octanol–water partition coefficient (Wildman–Crippen LogP) is 5.18. The molecule has 0 aromatic heterocycles. The molecule has 1 unspecified atom stereocenters. The summed E-state index contributed by atoms with van der Waals surface area (Å²) in [5.41, 5.74) is 0.731. The van der Waals surface area contributed by atoms with Crippen molar-refractivity contribution >= 4 is 29.3 Å². The number of rotatable bonds is 3. The topological polar surface area (TPSA) is 20.3 Å². The van der Waals surface area contributed by atoms with Crippen molar-refractivity contribution in [3.05, 3.63) is 70.2 Å². The maximum Gasteiger partial charge on any atom is 0.416 e. The van der Waals surface area contributed by atoms with Crippen molar-refractivity contribution in [2.45, 2.75) is 18.0 Å². The average molecular weight is 386 g/mol. The largest absolute Gasteiger partial charge is 0.416 e. The Kier molecular flexibility index (Phi) is 5.29. The molecule has 7 heteroatoms. The van der Waals surface area contributed by atoms with Gasteiger partial charge in [0.1, 0.15) is 5.37 Å². The summed E-state index contributed by atoms with van der Waals surface area (Å²) >= 11 is 7.87. The molecule has 1 heterocycles. The van der Waals surface area contributed by atoms with E-state index in [1.165, 1.54) is 12.1 Å². The van der Waals surface area contributed by atoms with Crippen molar-refractivity contribution < 1.29 is 18.0 Å². The summed E-state index contributed by atoms with van der Waals surface area (Å²) in [4.78, 5) is 14.4. The van der Waals surface area contributed by atoms with Gasteiger partial charge in [-0.05, 0) is 23.8 Å². The summed E-state index contributed by atoms with van der Waals surface area (Å²) in [6.45, 7) is 0.597. The van der Waals surface area contributed by atoms with Gasteiger partial charge in [0.25, 0.3) is 0 Å². The molecule has 1 atom stereocenters. The zero-order chi connectivity index (χ0) is 18.0. The third kappa shape index (κ3) is 4.12. The first-order valence-corrected chi connectivity index (χ1v) is 9.10. The smallest absolute Gasteiger partial charge is 0.325 e. The van der Waals surface area contributed by atoms with Crippen LogP contribution in [-0.2, 0) is 17.4 Å². The van der Waals surface area contributed by atoms with Gasteiger partial charge in [-0.15, -0.1) is 11.8 Å². The fourth-order valence-corrected chi connectivity index (χ4v) is 4.36. The van der Waals surface area contributed by atoms with Gasteiger partial charge in [0.05, 0.1) is 12.0 Å². The summed E-state index contributed by atoms with van der Waals surface area (Å²) < 4.78 is 37.8. The normalized spacial score (nSPS) is 17.8. The molecule has 0 spiro atoms. The number of benzene rings is 2. The number of alkyl halides is 3. The Morgan fingerprint density at radius 2 is 1.84 bits per heavy atom. The van der Waals surface area contributed by atoms with Crippen LogP contribution in [0.25, 0.3) is 0 Å². The Hall–Kier alpha value is -1.66. The van der Waals surface area contributed by atoms with Gasteiger partial charge in [0.15, 0.2) is 0 Å². The summed E-state index contributed by atoms with van der Waals surface area (Å²) in [7, 11) is 0. The molecule has 2 aromatic carbocycles. The maximum atomic E-state index is 12.6. The monoisotopic (exact) mass is 385 g/mol. The van der Waals surface area contributed by atoms with E-state index in [-0.39, 0.29) is 17.7 Å². The van der Waals surface area contributed by atoms with Crippen LogP contribution in [0.3, 0.4) is 0 Å². The molecular formula is C18H15ClF3NOS. The highest BCUT2D eigenvalue weighted by Gasteiger charge is 2.32. The quantitative estimate of drug-likeness (QED) is 0.726. The molecule has 1 aliphatic heterocycles. The van der Waals surface area contributed by atoms with E-state index in [1.807, 2.05) is 18.2 Å². The highest BCUT2D eigenvalue weighted by Crippen LogP contribution is 2.41. The fraction of sp³-hybridized carbons (Fsp3) is 0.278. The minimum atomic E-state index is -4.37. The number of amides is 1. The molecule has 1 saturated heterocycles. The summed E-state index contributed by atoms with van der Waals surface area (Å²) in [6.07, 6.45) is -4.30. The molecule has 1 aliphatic rings. The summed E-state index contributed by atoms with van der Waals surface area (Å²) in [5, 5.41) is 0.449. The number of carbonyl (C=O) groups is 1. The molecule has 2 nitrogen and oxygen atoms in total. The van der Waals surface area contributed by atoms with Crippen molar-refractivity contribution in [1.82, 2.24) is 4.90 Å². The first-order valence-electron chi connectivity index (χ1n) is 7.68. The molecule has 0 radical (unpaired) electrons. The van der Waals surface area contributed by atoms with Crippen molar-refractivity contribution in [3.63, 3.8) is 0 Å². The third-order valence-electron chi connectivity index (χ3n) is 4.02. The van der Waals surface area contributed by atoms with Crippen LogP contribution in [0, 0.1) is 0 Å². The van der Waals surface area contributed by atoms with Gasteiger partial charge < -0.3 is 4.90 Å². The van der Waals surface area contributed by atoms with Gasteiger partial charge in [0.2, 0.25) is 5.91 Å². The molecular weight excluding hydrogens is 371 g/mol. The van der Waals surface area contributed by atoms with Crippen molar-refractivity contribution in [2.24, 2.45) is 0 Å². The first-order chi connectivity index (χ1) is 11.9. The lowest BCUT2D eigenvalue weighted by Crippen LogP contribution is -2.31. The van der Waals surface area contributed by atoms with Crippen molar-refractivity contribution in [3.8, 4) is 0 Å². The average Bonchev–Trinajstić information content (AvgIpc) is 3.04. The van der Waals surface area contributed by atoms with Gasteiger partial charge >= 0.3 is 6.18 Å². The van der Waals surface area contributed by atoms with E-state index >= 15 is 0 Å². The van der Waals surface area contributed by atoms with Crippen LogP contribution in [0.2, 0.25) is 5.02 Å². The summed E-state index contributed by atoms with van der Waals surface area (Å²) in [5.74, 6) is 0.684. The molecule has 3 rings (SSSR count). The summed E-state index contributed by atoms with van der Waals surface area (Å²) in [6, 6.07) is 12.1. The molecule has 25 heavy (non-hydrogen) atoms. The van der Waals surface area contributed by atoms with E-state index in [9.17, 15) is 18.0 Å². The van der Waals surface area contributed by atoms with E-state index in [0.29, 0.717) is 17.1 Å². The Bertz CT molecular complexity index is 764. The number of hydrogen-bond donors (Lipinski definition) is 0. The Balaban J connectivity index is 1.73. The van der Waals surface area contributed by atoms with Crippen molar-refractivity contribution in [2.75, 3.05) is 12.3 Å². The van der Waals surface area contributed by atoms with E-state index in [1.54, 1.807) is 22.7 Å². The van der Waals surface area contributed by atoms with Crippen LogP contribution in [0.4, 0.5) is 13.2 Å². The minimum absolute atomic E-state index is 0.0691. The highest BCUT2D eigenvalue weighted by molar-refractivity contribution is 7.99. The van der Waals surface area contributed by atoms with Crippen LogP contribution in [-0.4, -0.2) is 23.1 Å². The van der Waals surface area contributed by atoms with Crippen molar-refractivity contribution in [1.29, 1.82) is 0 Å². The third-order valence-corrected chi connectivity index (χ3v) is 5.61. The van der Waals surface area contributed by atoms with E-state index < -0.39 is 11.7 Å². The lowest BCUT2D eigenvalue weighted by Gasteiger charge is -2.25. The van der Waals surface area contributed by atoms with Crippen LogP contribution in [0.15, 0.2) is 48.5 Å². The van der Waals surface area contributed by atoms with Gasteiger partial charge in [-0.2, -0.15) is 13.2 Å². The Morgan fingerprint density at radius 1 is 1.16 bits per heavy atom. The van der Waals surface area contributed by atoms with Gasteiger partial charge in [-0.25, -0.2) is 0 Å². The maximum absolute atomic E-state index is 12.6. The molecule has 1 fully saturated rings. The van der Waals surface area contributed by atoms with Crippen LogP contribution < -0.4 is 0 Å². The number of hydrogen-bond acceptors (Lipinski definition) is 2. The highest BCUT2D eigenvalue weighted by atomic mass is 35.5. The lowest BCUT2D eigenvalue weighted by molar-refractivity contribution is -0.137. The SMILES string of the molecule is O=C(Cc1ccc(C(F)(F)F)cc1)N1CCSC1c1ccccc1Cl. The lowest BCUT2D eigenvalue weighted by atomic mass is 10.1. The van der Waals surface area contributed by atoms with E-state index in [4.69, 9.17) is 11.6 Å². The van der Waals surface area contributed by atoms with Gasteiger partial charge in [-0.1, -0.05) is 41.9 Å². The predicted molar refractivity (Wildman–Crippen MR) is 93.5 cm³/mol. The number of halogens is 4. The molecule has 0 aliphatic carbocycles. The number of thioether (sulfide) groups is 1. The molecule has 1 amide bonds. The standard InChI is InChI=1S/C18H15ClF3NOS/c19-15-4-2-1-3-14(15)17-23(9-10-25-17)16(24)11-12-5-7-13(8-6-12)18(20,21)22/h1-8,17H,9-11H2. The second-order valence-electron chi connectivity index (χ2n) is 5.70.